The maximum absolute atomic E-state index is 13.9. The molecular weight excluding hydrogens is 326 g/mol. The molecule has 0 bridgehead atoms. The summed E-state index contributed by atoms with van der Waals surface area (Å²) in [5.74, 6) is -1.47. The van der Waals surface area contributed by atoms with Gasteiger partial charge in [-0.25, -0.2) is 8.78 Å². The van der Waals surface area contributed by atoms with Crippen LogP contribution < -0.4 is 11.1 Å². The molecule has 2 rings (SSSR count). The fourth-order valence-corrected chi connectivity index (χ4v) is 2.78. The highest BCUT2D eigenvalue weighted by atomic mass is 35.5. The number of hydrogen-bond acceptors (Lipinski definition) is 3. The minimum atomic E-state index is -0.665. The topological polar surface area (TPSA) is 64.4 Å². The predicted molar refractivity (Wildman–Crippen MR) is 86.3 cm³/mol. The Morgan fingerprint density at radius 1 is 1.39 bits per heavy atom. The molecule has 1 aromatic carbocycles. The molecule has 0 spiro atoms. The maximum atomic E-state index is 13.9. The molecule has 0 aromatic heterocycles. The minimum Gasteiger partial charge on any atom is -0.381 e. The summed E-state index contributed by atoms with van der Waals surface area (Å²) in [6.45, 7) is 3.05. The summed E-state index contributed by atoms with van der Waals surface area (Å²) < 4.78 is 32.2. The highest BCUT2D eigenvalue weighted by Gasteiger charge is 2.39. The molecular formula is C16H23ClF2N2O2. The summed E-state index contributed by atoms with van der Waals surface area (Å²) in [4.78, 5) is 12.6. The molecule has 1 aromatic rings. The van der Waals surface area contributed by atoms with Crippen LogP contribution in [0.1, 0.15) is 37.8 Å². The molecule has 1 aliphatic heterocycles. The van der Waals surface area contributed by atoms with Crippen LogP contribution in [0, 0.1) is 17.0 Å². The Balaban J connectivity index is 0.00000264. The van der Waals surface area contributed by atoms with Crippen LogP contribution in [0.5, 0.6) is 0 Å². The van der Waals surface area contributed by atoms with Gasteiger partial charge in [-0.3, -0.25) is 4.79 Å². The first-order valence-electron chi connectivity index (χ1n) is 7.56. The maximum Gasteiger partial charge on any atom is 0.228 e. The third-order valence-electron chi connectivity index (χ3n) is 4.37. The molecule has 7 heteroatoms. The van der Waals surface area contributed by atoms with Crippen molar-refractivity contribution in [3.8, 4) is 0 Å². The molecule has 0 saturated carbocycles. The average Bonchev–Trinajstić information content (AvgIpc) is 2.53. The standard InChI is InChI=1S/C16H22F2N2O2.ClH/c1-2-14(12-4-3-11(17)9-13(12)18)20-15(21)16(10-19)5-7-22-8-6-16;/h3-4,9,14H,2,5-8,10,19H2,1H3,(H,20,21);1H. The SMILES string of the molecule is CCC(NC(=O)C1(CN)CCOCC1)c1ccc(F)cc1F.Cl. The summed E-state index contributed by atoms with van der Waals surface area (Å²) >= 11 is 0. The molecule has 3 N–H and O–H groups in total. The summed E-state index contributed by atoms with van der Waals surface area (Å²) in [7, 11) is 0. The number of carbonyl (C=O) groups is 1. The number of amides is 1. The highest BCUT2D eigenvalue weighted by molar-refractivity contribution is 5.85. The van der Waals surface area contributed by atoms with Crippen molar-refractivity contribution in [2.24, 2.45) is 11.1 Å². The Hall–Kier alpha value is -1.24. The summed E-state index contributed by atoms with van der Waals surface area (Å²) in [6, 6.07) is 2.90. The van der Waals surface area contributed by atoms with E-state index in [9.17, 15) is 13.6 Å². The van der Waals surface area contributed by atoms with Crippen molar-refractivity contribution in [3.63, 3.8) is 0 Å². The molecule has 1 heterocycles. The smallest absolute Gasteiger partial charge is 0.228 e. The van der Waals surface area contributed by atoms with E-state index in [1.807, 2.05) is 6.92 Å². The number of benzene rings is 1. The van der Waals surface area contributed by atoms with Crippen molar-refractivity contribution < 1.29 is 18.3 Å². The monoisotopic (exact) mass is 348 g/mol. The van der Waals surface area contributed by atoms with Crippen LogP contribution in [0.25, 0.3) is 0 Å². The lowest BCUT2D eigenvalue weighted by atomic mass is 9.79. The van der Waals surface area contributed by atoms with E-state index in [0.717, 1.165) is 6.07 Å². The molecule has 0 aliphatic carbocycles. The lowest BCUT2D eigenvalue weighted by Crippen LogP contribution is -2.50. The van der Waals surface area contributed by atoms with E-state index < -0.39 is 23.1 Å². The van der Waals surface area contributed by atoms with Gasteiger partial charge in [-0.05, 0) is 25.3 Å². The molecule has 1 fully saturated rings. The van der Waals surface area contributed by atoms with Crippen LogP contribution in [-0.2, 0) is 9.53 Å². The van der Waals surface area contributed by atoms with Gasteiger partial charge >= 0.3 is 0 Å². The van der Waals surface area contributed by atoms with E-state index in [1.165, 1.54) is 12.1 Å². The Morgan fingerprint density at radius 3 is 2.57 bits per heavy atom. The zero-order valence-corrected chi connectivity index (χ0v) is 13.9. The Morgan fingerprint density at radius 2 is 2.04 bits per heavy atom. The van der Waals surface area contributed by atoms with Gasteiger partial charge in [-0.1, -0.05) is 13.0 Å². The van der Waals surface area contributed by atoms with Crippen molar-refractivity contribution in [1.82, 2.24) is 5.32 Å². The van der Waals surface area contributed by atoms with Gasteiger partial charge in [0.05, 0.1) is 11.5 Å². The van der Waals surface area contributed by atoms with Crippen molar-refractivity contribution in [1.29, 1.82) is 0 Å². The largest absolute Gasteiger partial charge is 0.381 e. The van der Waals surface area contributed by atoms with Gasteiger partial charge in [-0.15, -0.1) is 12.4 Å². The summed E-state index contributed by atoms with van der Waals surface area (Å²) in [6.07, 6.45) is 1.61. The molecule has 130 valence electrons. The molecule has 0 radical (unpaired) electrons. The first-order valence-corrected chi connectivity index (χ1v) is 7.56. The number of hydrogen-bond donors (Lipinski definition) is 2. The second-order valence-corrected chi connectivity index (χ2v) is 5.70. The first-order chi connectivity index (χ1) is 10.5. The molecule has 1 amide bonds. The van der Waals surface area contributed by atoms with E-state index in [2.05, 4.69) is 5.32 Å². The second kappa shape index (κ2) is 8.57. The number of carbonyl (C=O) groups excluding carboxylic acids is 1. The number of ether oxygens (including phenoxy) is 1. The zero-order chi connectivity index (χ0) is 16.2. The predicted octanol–water partition coefficient (Wildman–Crippen LogP) is 2.71. The normalized spacial score (nSPS) is 17.9. The second-order valence-electron chi connectivity index (χ2n) is 5.70. The molecule has 1 atom stereocenters. The van der Waals surface area contributed by atoms with Crippen LogP contribution in [0.3, 0.4) is 0 Å². The van der Waals surface area contributed by atoms with Crippen LogP contribution in [-0.4, -0.2) is 25.7 Å². The van der Waals surface area contributed by atoms with Gasteiger partial charge < -0.3 is 15.8 Å². The van der Waals surface area contributed by atoms with Crippen LogP contribution in [0.4, 0.5) is 8.78 Å². The Bertz CT molecular complexity index is 537. The van der Waals surface area contributed by atoms with E-state index >= 15 is 0 Å². The van der Waals surface area contributed by atoms with Gasteiger partial charge in [0.25, 0.3) is 0 Å². The van der Waals surface area contributed by atoms with Gasteiger partial charge in [0, 0.05) is 31.4 Å². The minimum absolute atomic E-state index is 0. The highest BCUT2D eigenvalue weighted by Crippen LogP contribution is 2.31. The fraction of sp³-hybridized carbons (Fsp3) is 0.562. The number of rotatable bonds is 5. The lowest BCUT2D eigenvalue weighted by Gasteiger charge is -2.36. The third kappa shape index (κ3) is 4.40. The van der Waals surface area contributed by atoms with E-state index in [1.54, 1.807) is 0 Å². The van der Waals surface area contributed by atoms with E-state index in [-0.39, 0.29) is 30.4 Å². The lowest BCUT2D eigenvalue weighted by molar-refractivity contribution is -0.136. The van der Waals surface area contributed by atoms with Crippen molar-refractivity contribution in [2.75, 3.05) is 19.8 Å². The molecule has 1 aliphatic rings. The third-order valence-corrected chi connectivity index (χ3v) is 4.37. The summed E-state index contributed by atoms with van der Waals surface area (Å²) in [5, 5.41) is 2.87. The number of nitrogens with two attached hydrogens (primary N) is 1. The van der Waals surface area contributed by atoms with Crippen molar-refractivity contribution >= 4 is 18.3 Å². The van der Waals surface area contributed by atoms with Gasteiger partial charge in [0.2, 0.25) is 5.91 Å². The fourth-order valence-electron chi connectivity index (χ4n) is 2.78. The molecule has 1 unspecified atom stereocenters. The van der Waals surface area contributed by atoms with E-state index in [0.29, 0.717) is 32.5 Å². The molecule has 1 saturated heterocycles. The van der Waals surface area contributed by atoms with E-state index in [4.69, 9.17) is 10.5 Å². The van der Waals surface area contributed by atoms with Crippen LogP contribution >= 0.6 is 12.4 Å². The van der Waals surface area contributed by atoms with Crippen LogP contribution in [0.15, 0.2) is 18.2 Å². The van der Waals surface area contributed by atoms with Crippen LogP contribution in [0.2, 0.25) is 0 Å². The van der Waals surface area contributed by atoms with Crippen molar-refractivity contribution in [3.05, 3.63) is 35.4 Å². The van der Waals surface area contributed by atoms with Gasteiger partial charge in [0.15, 0.2) is 0 Å². The molecule has 4 nitrogen and oxygen atoms in total. The Labute approximate surface area is 141 Å². The van der Waals surface area contributed by atoms with Gasteiger partial charge in [-0.2, -0.15) is 0 Å². The Kier molecular flexibility index (Phi) is 7.38. The molecule has 23 heavy (non-hydrogen) atoms. The number of halogens is 3. The number of nitrogens with one attached hydrogen (secondary N) is 1. The van der Waals surface area contributed by atoms with Crippen molar-refractivity contribution in [2.45, 2.75) is 32.2 Å². The summed E-state index contributed by atoms with van der Waals surface area (Å²) in [5.41, 5.74) is 5.43. The first kappa shape index (κ1) is 19.8. The average molecular weight is 349 g/mol. The quantitative estimate of drug-likeness (QED) is 0.860. The van der Waals surface area contributed by atoms with Gasteiger partial charge in [0.1, 0.15) is 11.6 Å². The zero-order valence-electron chi connectivity index (χ0n) is 13.1.